The van der Waals surface area contributed by atoms with E-state index in [-0.39, 0.29) is 31.1 Å². The zero-order chi connectivity index (χ0) is 59.2. The molecule has 0 N–H and O–H groups in total. The average Bonchev–Trinajstić information content (AvgIpc) is 3.47. The Bertz CT molecular complexity index is 1550. The summed E-state index contributed by atoms with van der Waals surface area (Å²) < 4.78 is 17.0. The molecule has 1 atom stereocenters. The first-order valence-corrected chi connectivity index (χ1v) is 35.6. The van der Waals surface area contributed by atoms with Crippen molar-refractivity contribution in [3.63, 3.8) is 0 Å². The van der Waals surface area contributed by atoms with Crippen LogP contribution in [0.15, 0.2) is 85.1 Å². The van der Waals surface area contributed by atoms with Crippen molar-refractivity contribution in [2.45, 2.75) is 367 Å². The second-order valence-electron chi connectivity index (χ2n) is 23.8. The first kappa shape index (κ1) is 78.6. The predicted octanol–water partition coefficient (Wildman–Crippen LogP) is 24.6. The Balaban J connectivity index is 4.32. The molecule has 0 aromatic heterocycles. The van der Waals surface area contributed by atoms with Gasteiger partial charge in [0, 0.05) is 19.3 Å². The van der Waals surface area contributed by atoms with Crippen LogP contribution in [0, 0.1) is 0 Å². The maximum atomic E-state index is 13.0. The van der Waals surface area contributed by atoms with Crippen LogP contribution in [0.5, 0.6) is 0 Å². The third kappa shape index (κ3) is 67.4. The van der Waals surface area contributed by atoms with Crippen LogP contribution in [0.2, 0.25) is 0 Å². The van der Waals surface area contributed by atoms with Crippen molar-refractivity contribution in [1.82, 2.24) is 0 Å². The molecule has 0 bridgehead atoms. The molecule has 0 saturated carbocycles. The summed E-state index contributed by atoms with van der Waals surface area (Å²) in [4.78, 5) is 38.5. The molecule has 0 aromatic rings. The zero-order valence-electron chi connectivity index (χ0n) is 54.5. The van der Waals surface area contributed by atoms with Crippen LogP contribution in [0.3, 0.4) is 0 Å². The Kier molecular flexibility index (Phi) is 67.2. The van der Waals surface area contributed by atoms with Crippen molar-refractivity contribution < 1.29 is 28.6 Å². The molecule has 0 aliphatic carbocycles. The fourth-order valence-corrected chi connectivity index (χ4v) is 10.3. The number of carbonyl (C=O) groups excluding carboxylic acids is 3. The van der Waals surface area contributed by atoms with Gasteiger partial charge in [0.2, 0.25) is 0 Å². The largest absolute Gasteiger partial charge is 0.462 e. The quantitative estimate of drug-likeness (QED) is 0.0261. The molecule has 0 saturated heterocycles. The highest BCUT2D eigenvalue weighted by atomic mass is 16.6. The van der Waals surface area contributed by atoms with Gasteiger partial charge in [0.05, 0.1) is 0 Å². The van der Waals surface area contributed by atoms with Crippen LogP contribution in [0.1, 0.15) is 361 Å². The minimum absolute atomic E-state index is 0.0813. The van der Waals surface area contributed by atoms with Crippen LogP contribution in [-0.2, 0) is 28.6 Å². The summed E-state index contributed by atoms with van der Waals surface area (Å²) in [6.07, 6.45) is 93.2. The Hall–Kier alpha value is -3.41. The summed E-state index contributed by atoms with van der Waals surface area (Å²) in [5.41, 5.74) is 0. The monoisotopic (exact) mass is 1140 g/mol. The van der Waals surface area contributed by atoms with E-state index in [0.717, 1.165) is 116 Å². The third-order valence-electron chi connectivity index (χ3n) is 15.6. The van der Waals surface area contributed by atoms with Gasteiger partial charge in [0.1, 0.15) is 13.2 Å². The topological polar surface area (TPSA) is 78.9 Å². The zero-order valence-corrected chi connectivity index (χ0v) is 54.5. The fraction of sp³-hybridized carbons (Fsp3) is 0.776. The highest BCUT2D eigenvalue weighted by Crippen LogP contribution is 2.18. The van der Waals surface area contributed by atoms with Gasteiger partial charge in [-0.1, -0.05) is 331 Å². The van der Waals surface area contributed by atoms with Crippen LogP contribution >= 0.6 is 0 Å². The van der Waals surface area contributed by atoms with Gasteiger partial charge < -0.3 is 14.2 Å². The summed E-state index contributed by atoms with van der Waals surface area (Å²) in [6, 6.07) is 0. The molecular weight excluding hydrogens is 1010 g/mol. The van der Waals surface area contributed by atoms with Crippen LogP contribution < -0.4 is 0 Å². The molecule has 6 nitrogen and oxygen atoms in total. The van der Waals surface area contributed by atoms with E-state index >= 15 is 0 Å². The number of ether oxygens (including phenoxy) is 3. The third-order valence-corrected chi connectivity index (χ3v) is 15.6. The SMILES string of the molecule is CC/C=C\C/C=C\C/C=C\C/C=C\C/C=C\CCCCCCCCCCCC(=O)OCC(COC(=O)CCCCCCC/C=C\C/C=C\CCCCC)OC(=O)CCCCCCCCCCCCCCCCCCCCCCCCCC. The lowest BCUT2D eigenvalue weighted by Gasteiger charge is -2.18. The standard InChI is InChI=1S/C76H134O6/c1-4-7-10-13-16-19-22-25-28-30-32-34-36-38-40-41-43-45-48-51-54-57-60-63-66-69-75(78)81-72-73(71-80-74(77)68-65-62-59-56-53-50-47-27-24-21-18-15-12-9-6-3)82-76(79)70-67-64-61-58-55-52-49-46-44-42-39-37-35-33-31-29-26-23-20-17-14-11-8-5-2/h7,10,16,18-19,21,25,27-28,32,34,38,40,47,73H,4-6,8-9,11-15,17,20,22-24,26,29-31,33,35-37,39,41-46,48-72H2,1-3H3/b10-7-,19-16-,21-18-,28-25-,34-32-,40-38-,47-27-. The summed E-state index contributed by atoms with van der Waals surface area (Å²) in [7, 11) is 0. The lowest BCUT2D eigenvalue weighted by Crippen LogP contribution is -2.30. The summed E-state index contributed by atoms with van der Waals surface area (Å²) in [5, 5.41) is 0. The molecular formula is C76H134O6. The maximum absolute atomic E-state index is 13.0. The number of unbranched alkanes of at least 4 members (excludes halogenated alkanes) is 40. The van der Waals surface area contributed by atoms with Crippen molar-refractivity contribution in [3.05, 3.63) is 85.1 Å². The Morgan fingerprint density at radius 1 is 0.256 bits per heavy atom. The molecule has 0 amide bonds. The first-order chi connectivity index (χ1) is 40.5. The molecule has 0 rings (SSSR count). The number of hydrogen-bond acceptors (Lipinski definition) is 6. The lowest BCUT2D eigenvalue weighted by atomic mass is 10.0. The van der Waals surface area contributed by atoms with Crippen molar-refractivity contribution in [2.24, 2.45) is 0 Å². The second-order valence-corrected chi connectivity index (χ2v) is 23.8. The number of carbonyl (C=O) groups is 3. The molecule has 82 heavy (non-hydrogen) atoms. The van der Waals surface area contributed by atoms with Crippen LogP contribution in [0.25, 0.3) is 0 Å². The highest BCUT2D eigenvalue weighted by molar-refractivity contribution is 5.71. The van der Waals surface area contributed by atoms with Crippen molar-refractivity contribution in [1.29, 1.82) is 0 Å². The van der Waals surface area contributed by atoms with Crippen LogP contribution in [0.4, 0.5) is 0 Å². The molecule has 0 aliphatic heterocycles. The molecule has 6 heteroatoms. The van der Waals surface area contributed by atoms with E-state index in [1.54, 1.807) is 0 Å². The van der Waals surface area contributed by atoms with Crippen molar-refractivity contribution in [3.8, 4) is 0 Å². The number of esters is 3. The van der Waals surface area contributed by atoms with Gasteiger partial charge in [-0.05, 0) is 96.3 Å². The van der Waals surface area contributed by atoms with Gasteiger partial charge in [0.15, 0.2) is 6.10 Å². The van der Waals surface area contributed by atoms with Gasteiger partial charge in [-0.15, -0.1) is 0 Å². The fourth-order valence-electron chi connectivity index (χ4n) is 10.3. The Morgan fingerprint density at radius 3 is 0.768 bits per heavy atom. The van der Waals surface area contributed by atoms with E-state index in [2.05, 4.69) is 106 Å². The number of rotatable bonds is 65. The Labute approximate surface area is 509 Å². The van der Waals surface area contributed by atoms with E-state index in [4.69, 9.17) is 14.2 Å². The van der Waals surface area contributed by atoms with E-state index in [0.29, 0.717) is 19.3 Å². The normalized spacial score (nSPS) is 12.6. The molecule has 0 spiro atoms. The van der Waals surface area contributed by atoms with Crippen molar-refractivity contribution >= 4 is 17.9 Å². The molecule has 0 radical (unpaired) electrons. The smallest absolute Gasteiger partial charge is 0.306 e. The number of hydrogen-bond donors (Lipinski definition) is 0. The lowest BCUT2D eigenvalue weighted by molar-refractivity contribution is -0.167. The molecule has 1 unspecified atom stereocenters. The summed E-state index contributed by atoms with van der Waals surface area (Å²) in [6.45, 7) is 6.54. The van der Waals surface area contributed by atoms with Gasteiger partial charge in [0.25, 0.3) is 0 Å². The van der Waals surface area contributed by atoms with Gasteiger partial charge in [-0.3, -0.25) is 14.4 Å². The first-order valence-electron chi connectivity index (χ1n) is 35.6. The predicted molar refractivity (Wildman–Crippen MR) is 358 cm³/mol. The second kappa shape index (κ2) is 70.1. The summed E-state index contributed by atoms with van der Waals surface area (Å²) >= 11 is 0. The molecule has 0 heterocycles. The average molecular weight is 1140 g/mol. The van der Waals surface area contributed by atoms with E-state index in [1.165, 1.54) is 205 Å². The van der Waals surface area contributed by atoms with E-state index < -0.39 is 6.10 Å². The minimum atomic E-state index is -0.786. The number of allylic oxidation sites excluding steroid dienone is 14. The molecule has 0 fully saturated rings. The molecule has 474 valence electrons. The Morgan fingerprint density at radius 2 is 0.476 bits per heavy atom. The van der Waals surface area contributed by atoms with E-state index in [9.17, 15) is 14.4 Å². The van der Waals surface area contributed by atoms with Gasteiger partial charge >= 0.3 is 17.9 Å². The van der Waals surface area contributed by atoms with Gasteiger partial charge in [-0.25, -0.2) is 0 Å². The van der Waals surface area contributed by atoms with E-state index in [1.807, 2.05) is 0 Å². The van der Waals surface area contributed by atoms with Gasteiger partial charge in [-0.2, -0.15) is 0 Å². The minimum Gasteiger partial charge on any atom is -0.462 e. The highest BCUT2D eigenvalue weighted by Gasteiger charge is 2.19. The summed E-state index contributed by atoms with van der Waals surface area (Å²) in [5.74, 6) is -0.880. The van der Waals surface area contributed by atoms with Crippen molar-refractivity contribution in [2.75, 3.05) is 13.2 Å². The van der Waals surface area contributed by atoms with Crippen LogP contribution in [-0.4, -0.2) is 37.2 Å². The maximum Gasteiger partial charge on any atom is 0.306 e. The molecule has 0 aliphatic rings. The molecule has 0 aromatic carbocycles.